The van der Waals surface area contributed by atoms with Crippen LogP contribution >= 0.6 is 11.6 Å². The molecule has 0 spiro atoms. The fourth-order valence-electron chi connectivity index (χ4n) is 0.954. The fraction of sp³-hybridized carbons (Fsp3) is 0.111. The predicted octanol–water partition coefficient (Wildman–Crippen LogP) is 1.39. The van der Waals surface area contributed by atoms with Crippen LogP contribution in [0.4, 0.5) is 0 Å². The van der Waals surface area contributed by atoms with Crippen molar-refractivity contribution in [3.05, 3.63) is 34.9 Å². The number of benzene rings is 1. The van der Waals surface area contributed by atoms with E-state index in [0.717, 1.165) is 0 Å². The van der Waals surface area contributed by atoms with E-state index in [9.17, 15) is 4.79 Å². The average molecular weight is 213 g/mol. The summed E-state index contributed by atoms with van der Waals surface area (Å²) in [6.07, 6.45) is 0. The molecule has 0 aliphatic carbocycles. The summed E-state index contributed by atoms with van der Waals surface area (Å²) in [5, 5.41) is 0.537. The van der Waals surface area contributed by atoms with Gasteiger partial charge in [-0.15, -0.1) is 0 Å². The molecular formula is C9H9ClN2O2. The Morgan fingerprint density at radius 3 is 2.86 bits per heavy atom. The van der Waals surface area contributed by atoms with Crippen molar-refractivity contribution >= 4 is 23.9 Å². The van der Waals surface area contributed by atoms with Gasteiger partial charge in [-0.1, -0.05) is 23.7 Å². The van der Waals surface area contributed by atoms with Crippen molar-refractivity contribution in [2.45, 2.75) is 0 Å². The van der Waals surface area contributed by atoms with Crippen LogP contribution in [0, 0.1) is 0 Å². The summed E-state index contributed by atoms with van der Waals surface area (Å²) in [6, 6.07) is 7.12. The molecule has 74 valence electrons. The molecule has 0 aliphatic rings. The highest BCUT2D eigenvalue weighted by molar-refractivity contribution is 6.34. The third-order valence-corrected chi connectivity index (χ3v) is 1.89. The van der Waals surface area contributed by atoms with Crippen molar-refractivity contribution < 1.29 is 9.63 Å². The lowest BCUT2D eigenvalue weighted by atomic mass is 10.2. The van der Waals surface area contributed by atoms with Gasteiger partial charge < -0.3 is 4.84 Å². The molecule has 0 amide bonds. The molecule has 5 heteroatoms. The third kappa shape index (κ3) is 2.47. The molecule has 1 aromatic carbocycles. The van der Waals surface area contributed by atoms with E-state index < -0.39 is 0 Å². The van der Waals surface area contributed by atoms with E-state index in [1.54, 1.807) is 25.2 Å². The lowest BCUT2D eigenvalue weighted by Crippen LogP contribution is -2.24. The molecule has 0 saturated carbocycles. The molecule has 0 aliphatic heterocycles. The molecule has 0 unspecified atom stereocenters. The van der Waals surface area contributed by atoms with Crippen molar-refractivity contribution in [1.29, 1.82) is 0 Å². The Hall–Kier alpha value is -1.55. The first-order valence-corrected chi connectivity index (χ1v) is 4.24. The molecule has 0 heterocycles. The molecule has 1 rings (SSSR count). The van der Waals surface area contributed by atoms with Crippen molar-refractivity contribution in [3.63, 3.8) is 0 Å². The smallest absolute Gasteiger partial charge is 0.320 e. The van der Waals surface area contributed by atoms with Crippen molar-refractivity contribution in [3.8, 4) is 0 Å². The summed E-state index contributed by atoms with van der Waals surface area (Å²) in [4.78, 5) is 18.2. The minimum Gasteiger partial charge on any atom is -0.345 e. The lowest BCUT2D eigenvalue weighted by molar-refractivity contribution is -0.132. The van der Waals surface area contributed by atoms with E-state index in [4.69, 9.17) is 11.6 Å². The van der Waals surface area contributed by atoms with Crippen molar-refractivity contribution in [2.75, 3.05) is 7.05 Å². The SMILES string of the molecule is CN=C(NOC=O)c1ccccc1Cl. The zero-order chi connectivity index (χ0) is 10.4. The number of carbonyl (C=O) groups is 1. The lowest BCUT2D eigenvalue weighted by Gasteiger charge is -2.07. The maximum atomic E-state index is 9.97. The van der Waals surface area contributed by atoms with Crippen LogP contribution < -0.4 is 5.48 Å². The first-order chi connectivity index (χ1) is 6.79. The quantitative estimate of drug-likeness (QED) is 0.357. The van der Waals surface area contributed by atoms with Gasteiger partial charge in [0.05, 0.1) is 5.02 Å². The van der Waals surface area contributed by atoms with E-state index in [1.807, 2.05) is 6.07 Å². The van der Waals surface area contributed by atoms with Crippen LogP contribution in [0.15, 0.2) is 29.3 Å². The molecule has 0 atom stereocenters. The van der Waals surface area contributed by atoms with E-state index >= 15 is 0 Å². The van der Waals surface area contributed by atoms with E-state index in [1.165, 1.54) is 0 Å². The van der Waals surface area contributed by atoms with Gasteiger partial charge in [0.1, 0.15) is 0 Å². The summed E-state index contributed by atoms with van der Waals surface area (Å²) in [7, 11) is 1.57. The largest absolute Gasteiger partial charge is 0.345 e. The Morgan fingerprint density at radius 1 is 1.57 bits per heavy atom. The first kappa shape index (κ1) is 10.5. The van der Waals surface area contributed by atoms with Gasteiger partial charge in [0.25, 0.3) is 0 Å². The second kappa shape index (κ2) is 5.24. The van der Waals surface area contributed by atoms with Crippen LogP contribution in [-0.4, -0.2) is 19.4 Å². The molecule has 0 radical (unpaired) electrons. The van der Waals surface area contributed by atoms with Gasteiger partial charge in [-0.2, -0.15) is 0 Å². The summed E-state index contributed by atoms with van der Waals surface area (Å²) < 4.78 is 0. The number of hydroxylamine groups is 1. The first-order valence-electron chi connectivity index (χ1n) is 3.86. The number of hydrogen-bond acceptors (Lipinski definition) is 3. The second-order valence-corrected chi connectivity index (χ2v) is 2.78. The van der Waals surface area contributed by atoms with Gasteiger partial charge >= 0.3 is 6.47 Å². The number of halogens is 1. The van der Waals surface area contributed by atoms with Gasteiger partial charge in [-0.3, -0.25) is 9.79 Å². The number of hydrogen-bond donors (Lipinski definition) is 1. The van der Waals surface area contributed by atoms with Gasteiger partial charge in [0.15, 0.2) is 5.84 Å². The standard InChI is InChI=1S/C9H9ClN2O2/c1-11-9(12-14-6-13)7-4-2-3-5-8(7)10/h2-6H,1H3,(H,11,12). The zero-order valence-electron chi connectivity index (χ0n) is 7.53. The zero-order valence-corrected chi connectivity index (χ0v) is 8.28. The Labute approximate surface area is 86.5 Å². The minimum absolute atomic E-state index is 0.280. The van der Waals surface area contributed by atoms with Crippen LogP contribution in [0.25, 0.3) is 0 Å². The summed E-state index contributed by atoms with van der Waals surface area (Å²) in [5.74, 6) is 0.405. The maximum Gasteiger partial charge on any atom is 0.320 e. The molecular weight excluding hydrogens is 204 g/mol. The molecule has 0 fully saturated rings. The fourth-order valence-corrected chi connectivity index (χ4v) is 1.18. The molecule has 0 aromatic heterocycles. The van der Waals surface area contributed by atoms with E-state index in [2.05, 4.69) is 15.3 Å². The van der Waals surface area contributed by atoms with Gasteiger partial charge in [-0.05, 0) is 12.1 Å². The molecule has 1 N–H and O–H groups in total. The normalized spacial score (nSPS) is 10.9. The molecule has 1 aromatic rings. The maximum absolute atomic E-state index is 9.97. The molecule has 4 nitrogen and oxygen atoms in total. The van der Waals surface area contributed by atoms with Crippen LogP contribution in [-0.2, 0) is 9.63 Å². The monoisotopic (exact) mass is 212 g/mol. The Balaban J connectivity index is 2.90. The van der Waals surface area contributed by atoms with E-state index in [-0.39, 0.29) is 6.47 Å². The number of rotatable bonds is 3. The molecule has 0 bridgehead atoms. The van der Waals surface area contributed by atoms with Crippen LogP contribution in [0.5, 0.6) is 0 Å². The van der Waals surface area contributed by atoms with Crippen LogP contribution in [0.2, 0.25) is 5.02 Å². The van der Waals surface area contributed by atoms with E-state index in [0.29, 0.717) is 16.4 Å². The number of amidine groups is 1. The number of aliphatic imine (C=N–C) groups is 1. The topological polar surface area (TPSA) is 50.7 Å². The van der Waals surface area contributed by atoms with Crippen molar-refractivity contribution in [2.24, 2.45) is 4.99 Å². The highest BCUT2D eigenvalue weighted by Crippen LogP contribution is 2.14. The Bertz CT molecular complexity index is 352. The minimum atomic E-state index is 0.280. The van der Waals surface area contributed by atoms with Crippen LogP contribution in [0.3, 0.4) is 0 Å². The summed E-state index contributed by atoms with van der Waals surface area (Å²) in [5.41, 5.74) is 3.05. The summed E-state index contributed by atoms with van der Waals surface area (Å²) in [6.45, 7) is 0.280. The predicted molar refractivity (Wildman–Crippen MR) is 54.2 cm³/mol. The number of nitrogens with zero attached hydrogens (tertiary/aromatic N) is 1. The molecule has 0 saturated heterocycles. The number of carbonyl (C=O) groups excluding carboxylic acids is 1. The van der Waals surface area contributed by atoms with Gasteiger partial charge in [0, 0.05) is 12.6 Å². The van der Waals surface area contributed by atoms with Gasteiger partial charge in [-0.25, -0.2) is 5.48 Å². The highest BCUT2D eigenvalue weighted by Gasteiger charge is 2.06. The van der Waals surface area contributed by atoms with Crippen LogP contribution in [0.1, 0.15) is 5.56 Å². The van der Waals surface area contributed by atoms with Crippen molar-refractivity contribution in [1.82, 2.24) is 5.48 Å². The Morgan fingerprint density at radius 2 is 2.29 bits per heavy atom. The average Bonchev–Trinajstić information content (AvgIpc) is 2.21. The second-order valence-electron chi connectivity index (χ2n) is 2.37. The Kier molecular flexibility index (Phi) is 3.94. The highest BCUT2D eigenvalue weighted by atomic mass is 35.5. The third-order valence-electron chi connectivity index (χ3n) is 1.56. The van der Waals surface area contributed by atoms with Gasteiger partial charge in [0.2, 0.25) is 0 Å². The molecule has 14 heavy (non-hydrogen) atoms. The number of nitrogens with one attached hydrogen (secondary N) is 1. The summed E-state index contributed by atoms with van der Waals surface area (Å²) >= 11 is 5.91.